The minimum absolute atomic E-state index is 0.648. The van der Waals surface area contributed by atoms with Gasteiger partial charge in [0.15, 0.2) is 5.13 Å². The fourth-order valence-corrected chi connectivity index (χ4v) is 3.00. The van der Waals surface area contributed by atoms with E-state index in [1.807, 2.05) is 23.3 Å². The van der Waals surface area contributed by atoms with E-state index >= 15 is 0 Å². The van der Waals surface area contributed by atoms with Crippen LogP contribution in [-0.4, -0.2) is 22.5 Å². The number of nitrogens with zero attached hydrogens (tertiary/aromatic N) is 1. The van der Waals surface area contributed by atoms with E-state index in [0.717, 1.165) is 5.13 Å². The van der Waals surface area contributed by atoms with E-state index in [-0.39, 0.29) is 0 Å². The summed E-state index contributed by atoms with van der Waals surface area (Å²) in [5.74, 6) is 2.57. The lowest BCUT2D eigenvalue weighted by atomic mass is 10.2. The maximum Gasteiger partial charge on any atom is 0.182 e. The summed E-state index contributed by atoms with van der Waals surface area (Å²) in [7, 11) is 0. The van der Waals surface area contributed by atoms with Crippen LogP contribution in [0.4, 0.5) is 5.13 Å². The molecule has 1 saturated heterocycles. The Bertz CT molecular complexity index is 217. The second-order valence-electron chi connectivity index (χ2n) is 2.90. The molecule has 2 rings (SSSR count). The number of rotatable bonds is 2. The van der Waals surface area contributed by atoms with Gasteiger partial charge in [-0.3, -0.25) is 0 Å². The largest absolute Gasteiger partial charge is 0.358 e. The van der Waals surface area contributed by atoms with Crippen molar-refractivity contribution in [3.05, 3.63) is 11.6 Å². The molecule has 0 radical (unpaired) electrons. The molecule has 1 atom stereocenters. The molecule has 1 aromatic rings. The molecule has 1 N–H and O–H groups in total. The molecule has 12 heavy (non-hydrogen) atoms. The third-order valence-corrected chi connectivity index (χ3v) is 3.84. The van der Waals surface area contributed by atoms with E-state index in [1.54, 1.807) is 11.3 Å². The van der Waals surface area contributed by atoms with E-state index in [1.165, 1.54) is 24.3 Å². The monoisotopic (exact) mass is 200 g/mol. The summed E-state index contributed by atoms with van der Waals surface area (Å²) < 4.78 is 0. The molecular weight excluding hydrogens is 188 g/mol. The van der Waals surface area contributed by atoms with Gasteiger partial charge in [0.1, 0.15) is 0 Å². The molecule has 0 bridgehead atoms. The van der Waals surface area contributed by atoms with Crippen LogP contribution in [0.3, 0.4) is 0 Å². The molecule has 0 saturated carbocycles. The SMILES string of the molecule is c1csc(NC2CCCSC2)n1. The van der Waals surface area contributed by atoms with Gasteiger partial charge in [-0.2, -0.15) is 11.8 Å². The summed E-state index contributed by atoms with van der Waals surface area (Å²) >= 11 is 3.72. The van der Waals surface area contributed by atoms with Gasteiger partial charge in [-0.15, -0.1) is 11.3 Å². The molecule has 0 aromatic carbocycles. The van der Waals surface area contributed by atoms with E-state index < -0.39 is 0 Å². The number of thiazole rings is 1. The normalized spacial score (nSPS) is 23.8. The zero-order valence-electron chi connectivity index (χ0n) is 6.82. The molecule has 0 spiro atoms. The van der Waals surface area contributed by atoms with Crippen LogP contribution >= 0.6 is 23.1 Å². The van der Waals surface area contributed by atoms with Crippen molar-refractivity contribution in [3.63, 3.8) is 0 Å². The molecule has 1 aliphatic rings. The average molecular weight is 200 g/mol. The van der Waals surface area contributed by atoms with Gasteiger partial charge in [0.05, 0.1) is 0 Å². The minimum Gasteiger partial charge on any atom is -0.358 e. The highest BCUT2D eigenvalue weighted by Gasteiger charge is 2.13. The lowest BCUT2D eigenvalue weighted by Gasteiger charge is -2.21. The van der Waals surface area contributed by atoms with Crippen LogP contribution < -0.4 is 5.32 Å². The van der Waals surface area contributed by atoms with Crippen molar-refractivity contribution < 1.29 is 0 Å². The number of hydrogen-bond acceptors (Lipinski definition) is 4. The summed E-state index contributed by atoms with van der Waals surface area (Å²) in [4.78, 5) is 4.21. The predicted molar refractivity (Wildman–Crippen MR) is 56.1 cm³/mol. The van der Waals surface area contributed by atoms with Crippen LogP contribution in [0.5, 0.6) is 0 Å². The summed E-state index contributed by atoms with van der Waals surface area (Å²) in [6, 6.07) is 0.648. The highest BCUT2D eigenvalue weighted by Crippen LogP contribution is 2.21. The molecule has 4 heteroatoms. The second kappa shape index (κ2) is 4.14. The van der Waals surface area contributed by atoms with Crippen LogP contribution in [0.25, 0.3) is 0 Å². The minimum atomic E-state index is 0.648. The molecule has 2 heterocycles. The van der Waals surface area contributed by atoms with Gasteiger partial charge in [-0.1, -0.05) is 0 Å². The Balaban J connectivity index is 1.86. The Morgan fingerprint density at radius 1 is 1.58 bits per heavy atom. The van der Waals surface area contributed by atoms with Crippen LogP contribution in [0, 0.1) is 0 Å². The third-order valence-electron chi connectivity index (χ3n) is 1.92. The van der Waals surface area contributed by atoms with Crippen molar-refractivity contribution in [2.24, 2.45) is 0 Å². The predicted octanol–water partition coefficient (Wildman–Crippen LogP) is 2.45. The number of hydrogen-bond donors (Lipinski definition) is 1. The summed E-state index contributed by atoms with van der Waals surface area (Å²) in [5, 5.41) is 6.53. The molecule has 66 valence electrons. The first-order valence-corrected chi connectivity index (χ1v) is 6.22. The molecule has 0 aliphatic carbocycles. The molecule has 1 fully saturated rings. The van der Waals surface area contributed by atoms with Crippen molar-refractivity contribution >= 4 is 28.2 Å². The molecule has 1 aromatic heterocycles. The fraction of sp³-hybridized carbons (Fsp3) is 0.625. The van der Waals surface area contributed by atoms with Gasteiger partial charge >= 0.3 is 0 Å². The number of nitrogens with one attached hydrogen (secondary N) is 1. The Morgan fingerprint density at radius 2 is 2.58 bits per heavy atom. The smallest absolute Gasteiger partial charge is 0.182 e. The van der Waals surface area contributed by atoms with Crippen LogP contribution in [0.1, 0.15) is 12.8 Å². The quantitative estimate of drug-likeness (QED) is 0.794. The van der Waals surface area contributed by atoms with Gasteiger partial charge in [0, 0.05) is 23.4 Å². The summed E-state index contributed by atoms with van der Waals surface area (Å²) in [6.45, 7) is 0. The Kier molecular flexibility index (Phi) is 2.89. The highest BCUT2D eigenvalue weighted by molar-refractivity contribution is 7.99. The zero-order chi connectivity index (χ0) is 8.23. The molecule has 0 amide bonds. The maximum atomic E-state index is 4.21. The highest BCUT2D eigenvalue weighted by atomic mass is 32.2. The van der Waals surface area contributed by atoms with Gasteiger partial charge < -0.3 is 5.32 Å². The van der Waals surface area contributed by atoms with Gasteiger partial charge in [0.25, 0.3) is 0 Å². The van der Waals surface area contributed by atoms with Crippen LogP contribution in [0.2, 0.25) is 0 Å². The average Bonchev–Trinajstić information content (AvgIpc) is 2.59. The van der Waals surface area contributed by atoms with Gasteiger partial charge in [0.2, 0.25) is 0 Å². The van der Waals surface area contributed by atoms with Crippen molar-refractivity contribution in [1.82, 2.24) is 4.98 Å². The van der Waals surface area contributed by atoms with Crippen LogP contribution in [-0.2, 0) is 0 Å². The fourth-order valence-electron chi connectivity index (χ4n) is 1.32. The lowest BCUT2D eigenvalue weighted by molar-refractivity contribution is 0.684. The van der Waals surface area contributed by atoms with Gasteiger partial charge in [-0.25, -0.2) is 4.98 Å². The van der Waals surface area contributed by atoms with Crippen molar-refractivity contribution in [2.45, 2.75) is 18.9 Å². The first kappa shape index (κ1) is 8.38. The first-order valence-electron chi connectivity index (χ1n) is 4.19. The Labute approximate surface area is 80.8 Å². The number of anilines is 1. The maximum absolute atomic E-state index is 4.21. The molecular formula is C8H12N2S2. The van der Waals surface area contributed by atoms with E-state index in [2.05, 4.69) is 10.3 Å². The molecule has 2 nitrogen and oxygen atoms in total. The van der Waals surface area contributed by atoms with E-state index in [9.17, 15) is 0 Å². The molecule has 1 unspecified atom stereocenters. The topological polar surface area (TPSA) is 24.9 Å². The number of aromatic nitrogens is 1. The molecule has 1 aliphatic heterocycles. The third kappa shape index (κ3) is 2.14. The standard InChI is InChI=1S/C8H12N2S2/c1-2-7(6-11-4-1)10-8-9-3-5-12-8/h3,5,7H,1-2,4,6H2,(H,9,10). The first-order chi connectivity index (χ1) is 5.95. The van der Waals surface area contributed by atoms with E-state index in [4.69, 9.17) is 0 Å². The Hall–Kier alpha value is -0.220. The van der Waals surface area contributed by atoms with Gasteiger partial charge in [-0.05, 0) is 18.6 Å². The van der Waals surface area contributed by atoms with Crippen molar-refractivity contribution in [2.75, 3.05) is 16.8 Å². The van der Waals surface area contributed by atoms with Crippen molar-refractivity contribution in [1.29, 1.82) is 0 Å². The zero-order valence-corrected chi connectivity index (χ0v) is 8.46. The van der Waals surface area contributed by atoms with E-state index in [0.29, 0.717) is 6.04 Å². The van der Waals surface area contributed by atoms with Crippen molar-refractivity contribution in [3.8, 4) is 0 Å². The van der Waals surface area contributed by atoms with Crippen LogP contribution in [0.15, 0.2) is 11.6 Å². The summed E-state index contributed by atoms with van der Waals surface area (Å²) in [5.41, 5.74) is 0. The number of thioether (sulfide) groups is 1. The second-order valence-corrected chi connectivity index (χ2v) is 4.94. The lowest BCUT2D eigenvalue weighted by Crippen LogP contribution is -2.25. The Morgan fingerprint density at radius 3 is 3.25 bits per heavy atom. The summed E-state index contributed by atoms with van der Waals surface area (Å²) in [6.07, 6.45) is 4.49.